The molecule has 114 valence electrons. The molecule has 0 saturated heterocycles. The number of carbonyl (C=O) groups is 2. The molecule has 0 bridgehead atoms. The summed E-state index contributed by atoms with van der Waals surface area (Å²) < 4.78 is 42.9. The molecule has 0 aliphatic carbocycles. The highest BCUT2D eigenvalue weighted by molar-refractivity contribution is 5.95. The maximum atomic E-state index is 12.8. The first kappa shape index (κ1) is 15.8. The molecule has 2 aromatic rings. The van der Waals surface area contributed by atoms with Crippen LogP contribution in [0.1, 0.15) is 26.3 Å². The summed E-state index contributed by atoms with van der Waals surface area (Å²) in [6.45, 7) is 0. The Labute approximate surface area is 124 Å². The summed E-state index contributed by atoms with van der Waals surface area (Å²) in [7, 11) is 1.19. The summed E-state index contributed by atoms with van der Waals surface area (Å²) in [5, 5.41) is 0. The van der Waals surface area contributed by atoms with Crippen LogP contribution in [0.4, 0.5) is 13.2 Å². The Morgan fingerprint density at radius 3 is 2.45 bits per heavy atom. The molecule has 0 aromatic heterocycles. The van der Waals surface area contributed by atoms with Crippen molar-refractivity contribution in [3.05, 3.63) is 59.2 Å². The molecule has 0 amide bonds. The first-order valence-electron chi connectivity index (χ1n) is 6.22. The zero-order valence-electron chi connectivity index (χ0n) is 11.5. The number of methoxy groups -OCH3 is 1. The molecule has 0 atom stereocenters. The Morgan fingerprint density at radius 2 is 1.86 bits per heavy atom. The second kappa shape index (κ2) is 6.01. The number of halogens is 3. The number of hydrogen-bond donors (Lipinski definition) is 0. The van der Waals surface area contributed by atoms with Crippen molar-refractivity contribution in [3.8, 4) is 11.1 Å². The number of ether oxygens (including phenoxy) is 1. The molecular formula is C16H11F3O3. The molecule has 0 saturated carbocycles. The number of benzene rings is 2. The third kappa shape index (κ3) is 3.16. The van der Waals surface area contributed by atoms with Crippen LogP contribution in [0.15, 0.2) is 42.5 Å². The van der Waals surface area contributed by atoms with E-state index in [9.17, 15) is 22.8 Å². The average molecular weight is 308 g/mol. The predicted octanol–water partition coefficient (Wildman–Crippen LogP) is 3.97. The van der Waals surface area contributed by atoms with E-state index in [4.69, 9.17) is 0 Å². The smallest absolute Gasteiger partial charge is 0.416 e. The highest BCUT2D eigenvalue weighted by Crippen LogP contribution is 2.33. The molecule has 0 N–H and O–H groups in total. The van der Waals surface area contributed by atoms with Gasteiger partial charge in [-0.2, -0.15) is 13.2 Å². The molecule has 6 heteroatoms. The molecule has 0 aliphatic heterocycles. The van der Waals surface area contributed by atoms with Crippen molar-refractivity contribution in [3.63, 3.8) is 0 Å². The number of alkyl halides is 3. The van der Waals surface area contributed by atoms with E-state index < -0.39 is 17.7 Å². The van der Waals surface area contributed by atoms with Gasteiger partial charge < -0.3 is 4.74 Å². The zero-order valence-corrected chi connectivity index (χ0v) is 11.5. The van der Waals surface area contributed by atoms with Gasteiger partial charge in [-0.1, -0.05) is 18.2 Å². The molecule has 3 nitrogen and oxygen atoms in total. The van der Waals surface area contributed by atoms with Crippen LogP contribution < -0.4 is 0 Å². The van der Waals surface area contributed by atoms with Crippen molar-refractivity contribution in [1.82, 2.24) is 0 Å². The summed E-state index contributed by atoms with van der Waals surface area (Å²) in [5.41, 5.74) is -0.0514. The van der Waals surface area contributed by atoms with E-state index in [0.29, 0.717) is 6.29 Å². The summed E-state index contributed by atoms with van der Waals surface area (Å²) in [6.07, 6.45) is -3.96. The summed E-state index contributed by atoms with van der Waals surface area (Å²) in [4.78, 5) is 22.6. The van der Waals surface area contributed by atoms with Crippen molar-refractivity contribution < 1.29 is 27.5 Å². The Kier molecular flexibility index (Phi) is 4.30. The summed E-state index contributed by atoms with van der Waals surface area (Å²) >= 11 is 0. The summed E-state index contributed by atoms with van der Waals surface area (Å²) in [6, 6.07) is 8.65. The standard InChI is InChI=1S/C16H11F3O3/c1-22-15(21)11-5-6-12(9-20)14(8-11)10-3-2-4-13(7-10)16(17,18)19/h2-9H,1H3. The van der Waals surface area contributed by atoms with Gasteiger partial charge in [-0.15, -0.1) is 0 Å². The van der Waals surface area contributed by atoms with Gasteiger partial charge in [0.05, 0.1) is 18.2 Å². The Hall–Kier alpha value is -2.63. The third-order valence-electron chi connectivity index (χ3n) is 3.10. The minimum Gasteiger partial charge on any atom is -0.465 e. The van der Waals surface area contributed by atoms with Crippen LogP contribution in [0.3, 0.4) is 0 Å². The predicted molar refractivity (Wildman–Crippen MR) is 73.6 cm³/mol. The highest BCUT2D eigenvalue weighted by atomic mass is 19.4. The monoisotopic (exact) mass is 308 g/mol. The van der Waals surface area contributed by atoms with Crippen molar-refractivity contribution >= 4 is 12.3 Å². The van der Waals surface area contributed by atoms with Crippen molar-refractivity contribution in [2.45, 2.75) is 6.18 Å². The zero-order chi connectivity index (χ0) is 16.3. The van der Waals surface area contributed by atoms with Gasteiger partial charge in [-0.05, 0) is 35.4 Å². The second-order valence-corrected chi connectivity index (χ2v) is 4.49. The Bertz CT molecular complexity index is 721. The van der Waals surface area contributed by atoms with Crippen molar-refractivity contribution in [2.75, 3.05) is 7.11 Å². The molecular weight excluding hydrogens is 297 g/mol. The molecule has 0 radical (unpaired) electrons. The first-order valence-corrected chi connectivity index (χ1v) is 6.22. The van der Waals surface area contributed by atoms with E-state index in [0.717, 1.165) is 12.1 Å². The fourth-order valence-electron chi connectivity index (χ4n) is 2.02. The van der Waals surface area contributed by atoms with Crippen LogP contribution in [-0.2, 0) is 10.9 Å². The van der Waals surface area contributed by atoms with Gasteiger partial charge in [0.15, 0.2) is 6.29 Å². The molecule has 2 aromatic carbocycles. The normalized spacial score (nSPS) is 11.1. The number of aldehydes is 1. The average Bonchev–Trinajstić information content (AvgIpc) is 2.52. The maximum Gasteiger partial charge on any atom is 0.416 e. The van der Waals surface area contributed by atoms with Gasteiger partial charge in [0.25, 0.3) is 0 Å². The van der Waals surface area contributed by atoms with E-state index in [1.807, 2.05) is 0 Å². The van der Waals surface area contributed by atoms with Gasteiger partial charge in [0.2, 0.25) is 0 Å². The van der Waals surface area contributed by atoms with Crippen molar-refractivity contribution in [1.29, 1.82) is 0 Å². The molecule has 0 fully saturated rings. The van der Waals surface area contributed by atoms with E-state index in [2.05, 4.69) is 4.74 Å². The number of esters is 1. The second-order valence-electron chi connectivity index (χ2n) is 4.49. The first-order chi connectivity index (χ1) is 10.4. The minimum absolute atomic E-state index is 0.153. The Balaban J connectivity index is 2.60. The van der Waals surface area contributed by atoms with E-state index in [-0.39, 0.29) is 22.3 Å². The van der Waals surface area contributed by atoms with Gasteiger partial charge >= 0.3 is 12.1 Å². The molecule has 0 unspecified atom stereocenters. The highest BCUT2D eigenvalue weighted by Gasteiger charge is 2.30. The minimum atomic E-state index is -4.49. The Morgan fingerprint density at radius 1 is 1.14 bits per heavy atom. The van der Waals surface area contributed by atoms with Crippen LogP contribution in [-0.4, -0.2) is 19.4 Å². The lowest BCUT2D eigenvalue weighted by molar-refractivity contribution is -0.137. The van der Waals surface area contributed by atoms with Gasteiger partial charge in [0.1, 0.15) is 0 Å². The lowest BCUT2D eigenvalue weighted by Crippen LogP contribution is -2.05. The SMILES string of the molecule is COC(=O)c1ccc(C=O)c(-c2cccc(C(F)(F)F)c2)c1. The van der Waals surface area contributed by atoms with Gasteiger partial charge in [0, 0.05) is 5.56 Å². The van der Waals surface area contributed by atoms with E-state index >= 15 is 0 Å². The quantitative estimate of drug-likeness (QED) is 0.636. The van der Waals surface area contributed by atoms with Crippen LogP contribution in [0, 0.1) is 0 Å². The van der Waals surface area contributed by atoms with Crippen LogP contribution in [0.2, 0.25) is 0 Å². The van der Waals surface area contributed by atoms with Crippen LogP contribution in [0.25, 0.3) is 11.1 Å². The molecule has 0 aliphatic rings. The topological polar surface area (TPSA) is 43.4 Å². The lowest BCUT2D eigenvalue weighted by Gasteiger charge is -2.11. The number of carbonyl (C=O) groups excluding carboxylic acids is 2. The van der Waals surface area contributed by atoms with Crippen LogP contribution >= 0.6 is 0 Å². The van der Waals surface area contributed by atoms with E-state index in [1.54, 1.807) is 0 Å². The lowest BCUT2D eigenvalue weighted by atomic mass is 9.96. The fraction of sp³-hybridized carbons (Fsp3) is 0.125. The van der Waals surface area contributed by atoms with Gasteiger partial charge in [-0.25, -0.2) is 4.79 Å². The summed E-state index contributed by atoms with van der Waals surface area (Å²) in [5.74, 6) is -0.634. The number of rotatable bonds is 3. The largest absolute Gasteiger partial charge is 0.465 e. The van der Waals surface area contributed by atoms with Crippen LogP contribution in [0.5, 0.6) is 0 Å². The number of hydrogen-bond acceptors (Lipinski definition) is 3. The maximum absolute atomic E-state index is 12.8. The molecule has 2 rings (SSSR count). The molecule has 22 heavy (non-hydrogen) atoms. The molecule has 0 spiro atoms. The fourth-order valence-corrected chi connectivity index (χ4v) is 2.02. The van der Waals surface area contributed by atoms with E-state index in [1.165, 1.54) is 37.4 Å². The third-order valence-corrected chi connectivity index (χ3v) is 3.10. The van der Waals surface area contributed by atoms with Gasteiger partial charge in [-0.3, -0.25) is 4.79 Å². The molecule has 0 heterocycles. The van der Waals surface area contributed by atoms with Crippen molar-refractivity contribution in [2.24, 2.45) is 0 Å².